The molecule has 0 unspecified atom stereocenters. The number of fused-ring (bicyclic) bond motifs is 1. The molecule has 3 rings (SSSR count). The number of aromatic nitrogens is 1. The van der Waals surface area contributed by atoms with Gasteiger partial charge in [0, 0.05) is 29.3 Å². The third-order valence-electron chi connectivity index (χ3n) is 3.59. The lowest BCUT2D eigenvalue weighted by atomic mass is 9.98. The van der Waals surface area contributed by atoms with E-state index >= 15 is 0 Å². The van der Waals surface area contributed by atoms with E-state index < -0.39 is 0 Å². The molecular weight excluding hydrogens is 232 g/mol. The second kappa shape index (κ2) is 4.71. The van der Waals surface area contributed by atoms with Crippen LogP contribution in [0.2, 0.25) is 5.02 Å². The van der Waals surface area contributed by atoms with E-state index in [-0.39, 0.29) is 0 Å². The quantitative estimate of drug-likeness (QED) is 0.863. The van der Waals surface area contributed by atoms with Crippen LogP contribution in [0.5, 0.6) is 0 Å². The summed E-state index contributed by atoms with van der Waals surface area (Å²) in [7, 11) is 0. The van der Waals surface area contributed by atoms with Gasteiger partial charge in [0.2, 0.25) is 0 Å². The monoisotopic (exact) mass is 248 g/mol. The summed E-state index contributed by atoms with van der Waals surface area (Å²) >= 11 is 6.00. The van der Waals surface area contributed by atoms with Gasteiger partial charge in [0.05, 0.1) is 0 Å². The summed E-state index contributed by atoms with van der Waals surface area (Å²) in [4.78, 5) is 0. The molecule has 2 nitrogen and oxygen atoms in total. The molecule has 0 amide bonds. The van der Waals surface area contributed by atoms with Gasteiger partial charge in [0.15, 0.2) is 0 Å². The summed E-state index contributed by atoms with van der Waals surface area (Å²) in [6.45, 7) is 3.46. The number of benzene rings is 1. The zero-order valence-electron chi connectivity index (χ0n) is 9.82. The molecule has 1 aromatic carbocycles. The summed E-state index contributed by atoms with van der Waals surface area (Å²) in [6.07, 6.45) is 7.02. The Hall–Kier alpha value is -0.990. The van der Waals surface area contributed by atoms with Crippen molar-refractivity contribution in [2.75, 3.05) is 13.1 Å². The maximum absolute atomic E-state index is 6.00. The van der Waals surface area contributed by atoms with Gasteiger partial charge in [0.25, 0.3) is 0 Å². The van der Waals surface area contributed by atoms with E-state index in [1.54, 1.807) is 0 Å². The minimum Gasteiger partial charge on any atom is -0.353 e. The Bertz CT molecular complexity index is 512. The lowest BCUT2D eigenvalue weighted by Crippen LogP contribution is -2.29. The third-order valence-corrected chi connectivity index (χ3v) is 3.82. The molecule has 0 spiro atoms. The number of rotatable bonds is 2. The van der Waals surface area contributed by atoms with Crippen LogP contribution >= 0.6 is 11.6 Å². The van der Waals surface area contributed by atoms with Crippen LogP contribution in [0.1, 0.15) is 12.8 Å². The summed E-state index contributed by atoms with van der Waals surface area (Å²) in [5, 5.41) is 6.75. The molecule has 1 aliphatic rings. The Balaban J connectivity index is 1.80. The van der Waals surface area contributed by atoms with Gasteiger partial charge in [-0.1, -0.05) is 17.7 Å². The van der Waals surface area contributed by atoms with Crippen molar-refractivity contribution in [3.63, 3.8) is 0 Å². The Morgan fingerprint density at radius 3 is 2.76 bits per heavy atom. The Labute approximate surface area is 107 Å². The second-order valence-electron chi connectivity index (χ2n) is 4.92. The zero-order valence-corrected chi connectivity index (χ0v) is 10.6. The minimum atomic E-state index is 0.813. The smallest absolute Gasteiger partial charge is 0.0412 e. The molecule has 1 aromatic heterocycles. The molecule has 0 saturated carbocycles. The maximum atomic E-state index is 6.00. The lowest BCUT2D eigenvalue weighted by Gasteiger charge is -2.22. The van der Waals surface area contributed by atoms with Crippen molar-refractivity contribution in [3.8, 4) is 0 Å². The fourth-order valence-electron chi connectivity index (χ4n) is 2.64. The molecule has 90 valence electrons. The molecule has 1 N–H and O–H groups in total. The van der Waals surface area contributed by atoms with Crippen LogP contribution in [-0.2, 0) is 6.54 Å². The molecule has 3 heteroatoms. The lowest BCUT2D eigenvalue weighted by molar-refractivity contribution is 0.334. The number of hydrogen-bond acceptors (Lipinski definition) is 1. The fourth-order valence-corrected chi connectivity index (χ4v) is 2.82. The first-order chi connectivity index (χ1) is 8.31. The van der Waals surface area contributed by atoms with Gasteiger partial charge in [-0.2, -0.15) is 0 Å². The van der Waals surface area contributed by atoms with Crippen molar-refractivity contribution in [2.24, 2.45) is 5.92 Å². The van der Waals surface area contributed by atoms with Gasteiger partial charge < -0.3 is 9.88 Å². The van der Waals surface area contributed by atoms with Gasteiger partial charge in [-0.15, -0.1) is 0 Å². The van der Waals surface area contributed by atoms with E-state index in [2.05, 4.69) is 28.3 Å². The van der Waals surface area contributed by atoms with E-state index in [1.807, 2.05) is 12.1 Å². The van der Waals surface area contributed by atoms with E-state index in [0.717, 1.165) is 30.6 Å². The Kier molecular flexibility index (Phi) is 3.08. The summed E-state index contributed by atoms with van der Waals surface area (Å²) in [5.41, 5.74) is 0. The average molecular weight is 249 g/mol. The van der Waals surface area contributed by atoms with Crippen molar-refractivity contribution in [1.29, 1.82) is 0 Å². The molecule has 0 aliphatic carbocycles. The molecule has 2 heterocycles. The Morgan fingerprint density at radius 2 is 1.94 bits per heavy atom. The van der Waals surface area contributed by atoms with E-state index in [9.17, 15) is 0 Å². The van der Waals surface area contributed by atoms with Crippen LogP contribution in [0.15, 0.2) is 30.6 Å². The first-order valence-corrected chi connectivity index (χ1v) is 6.65. The standard InChI is InChI=1S/C14H17ClN2/c15-14-2-1-12-9-17(10-13(12)7-14)8-11-3-5-16-6-4-11/h1-2,7,9-11,16H,3-6,8H2. The normalized spacial score (nSPS) is 17.7. The van der Waals surface area contributed by atoms with Crippen LogP contribution < -0.4 is 5.32 Å². The van der Waals surface area contributed by atoms with Gasteiger partial charge in [-0.25, -0.2) is 0 Å². The molecule has 1 fully saturated rings. The van der Waals surface area contributed by atoms with Crippen molar-refractivity contribution in [3.05, 3.63) is 35.6 Å². The topological polar surface area (TPSA) is 17.0 Å². The predicted molar refractivity (Wildman–Crippen MR) is 72.5 cm³/mol. The minimum absolute atomic E-state index is 0.813. The molecule has 0 bridgehead atoms. The molecule has 17 heavy (non-hydrogen) atoms. The Morgan fingerprint density at radius 1 is 1.18 bits per heavy atom. The highest BCUT2D eigenvalue weighted by Gasteiger charge is 2.13. The maximum Gasteiger partial charge on any atom is 0.0412 e. The van der Waals surface area contributed by atoms with Gasteiger partial charge in [-0.05, 0) is 49.4 Å². The van der Waals surface area contributed by atoms with Crippen LogP contribution in [0.3, 0.4) is 0 Å². The van der Waals surface area contributed by atoms with Gasteiger partial charge >= 0.3 is 0 Å². The second-order valence-corrected chi connectivity index (χ2v) is 5.36. The van der Waals surface area contributed by atoms with E-state index in [1.165, 1.54) is 23.6 Å². The fraction of sp³-hybridized carbons (Fsp3) is 0.429. The third kappa shape index (κ3) is 2.48. The molecular formula is C14H17ClN2. The molecule has 0 radical (unpaired) electrons. The number of nitrogens with zero attached hydrogens (tertiary/aromatic N) is 1. The highest BCUT2D eigenvalue weighted by Crippen LogP contribution is 2.22. The first kappa shape index (κ1) is 11.1. The number of hydrogen-bond donors (Lipinski definition) is 1. The van der Waals surface area contributed by atoms with Crippen LogP contribution in [0, 0.1) is 5.92 Å². The summed E-state index contributed by atoms with van der Waals surface area (Å²) in [6, 6.07) is 6.09. The van der Waals surface area contributed by atoms with E-state index in [4.69, 9.17) is 11.6 Å². The molecule has 1 saturated heterocycles. The average Bonchev–Trinajstić information content (AvgIpc) is 2.71. The van der Waals surface area contributed by atoms with Crippen molar-refractivity contribution in [2.45, 2.75) is 19.4 Å². The predicted octanol–water partition coefficient (Wildman–Crippen LogP) is 3.29. The van der Waals surface area contributed by atoms with Crippen molar-refractivity contribution >= 4 is 22.4 Å². The van der Waals surface area contributed by atoms with Gasteiger partial charge in [0.1, 0.15) is 0 Å². The van der Waals surface area contributed by atoms with Crippen LogP contribution in [-0.4, -0.2) is 17.7 Å². The summed E-state index contributed by atoms with van der Waals surface area (Å²) in [5.74, 6) is 0.813. The zero-order chi connectivity index (χ0) is 11.7. The number of piperidine rings is 1. The van der Waals surface area contributed by atoms with Crippen molar-refractivity contribution < 1.29 is 0 Å². The van der Waals surface area contributed by atoms with Crippen LogP contribution in [0.4, 0.5) is 0 Å². The van der Waals surface area contributed by atoms with E-state index in [0.29, 0.717) is 0 Å². The SMILES string of the molecule is Clc1ccc2cn(CC3CCNCC3)cc2c1. The molecule has 2 aromatic rings. The number of nitrogens with one attached hydrogen (secondary N) is 1. The largest absolute Gasteiger partial charge is 0.353 e. The molecule has 0 atom stereocenters. The highest BCUT2D eigenvalue weighted by atomic mass is 35.5. The number of halogens is 1. The summed E-state index contributed by atoms with van der Waals surface area (Å²) < 4.78 is 2.32. The molecule has 1 aliphatic heterocycles. The van der Waals surface area contributed by atoms with Gasteiger partial charge in [-0.3, -0.25) is 0 Å². The first-order valence-electron chi connectivity index (χ1n) is 6.27. The highest BCUT2D eigenvalue weighted by molar-refractivity contribution is 6.31. The van der Waals surface area contributed by atoms with Crippen LogP contribution in [0.25, 0.3) is 10.8 Å². The van der Waals surface area contributed by atoms with Crippen molar-refractivity contribution in [1.82, 2.24) is 9.88 Å².